The summed E-state index contributed by atoms with van der Waals surface area (Å²) in [6, 6.07) is 0. The number of hydrogen-bond acceptors (Lipinski definition) is 3. The minimum Gasteiger partial charge on any atom is -0.381 e. The summed E-state index contributed by atoms with van der Waals surface area (Å²) in [7, 11) is 5.76. The van der Waals surface area contributed by atoms with Crippen LogP contribution in [0.3, 0.4) is 0 Å². The Hall–Kier alpha value is -0.120. The van der Waals surface area contributed by atoms with E-state index < -0.39 is 0 Å². The van der Waals surface area contributed by atoms with E-state index in [0.29, 0.717) is 18.3 Å². The molecule has 3 saturated carbocycles. The molecule has 0 aromatic rings. The van der Waals surface area contributed by atoms with Crippen LogP contribution in [0.25, 0.3) is 0 Å². The molecule has 0 amide bonds. The van der Waals surface area contributed by atoms with Crippen molar-refractivity contribution < 1.29 is 14.2 Å². The fourth-order valence-corrected chi connectivity index (χ4v) is 7.83. The standard InChI is InChI=1S/C28H52O3/c1-18(2)25-13-22(15-27(25)30-6)12-20(4)26-14-21(16-28(26)31-7)11-19(3)23-9-8-10-24(17-23)29-5/h18-28H,8-17H2,1-7H3/t19?,20?,21?,22?,23-,24?,25-,26+,27+,28+/m0/s1. The fourth-order valence-electron chi connectivity index (χ4n) is 7.83. The first-order valence-corrected chi connectivity index (χ1v) is 13.4. The molecule has 0 heterocycles. The molecule has 31 heavy (non-hydrogen) atoms. The largest absolute Gasteiger partial charge is 0.381 e. The Morgan fingerprint density at radius 2 is 1.23 bits per heavy atom. The normalized spacial score (nSPS) is 41.0. The third-order valence-electron chi connectivity index (χ3n) is 9.71. The summed E-state index contributed by atoms with van der Waals surface area (Å²) in [6.45, 7) is 9.76. The van der Waals surface area contributed by atoms with Crippen LogP contribution in [0.4, 0.5) is 0 Å². The highest BCUT2D eigenvalue weighted by atomic mass is 16.5. The first-order valence-electron chi connectivity index (χ1n) is 13.4. The summed E-state index contributed by atoms with van der Waals surface area (Å²) in [5, 5.41) is 0. The van der Waals surface area contributed by atoms with Gasteiger partial charge >= 0.3 is 0 Å². The van der Waals surface area contributed by atoms with Gasteiger partial charge in [-0.25, -0.2) is 0 Å². The summed E-state index contributed by atoms with van der Waals surface area (Å²) in [5.41, 5.74) is 0. The second-order valence-electron chi connectivity index (χ2n) is 12.0. The van der Waals surface area contributed by atoms with E-state index in [2.05, 4.69) is 27.7 Å². The van der Waals surface area contributed by atoms with Crippen molar-refractivity contribution in [3.05, 3.63) is 0 Å². The van der Waals surface area contributed by atoms with Gasteiger partial charge in [0.25, 0.3) is 0 Å². The van der Waals surface area contributed by atoms with Crippen LogP contribution >= 0.6 is 0 Å². The SMILES string of the molecule is COC1CCC[C@H](C(C)CC2C[C@H](C(C)CC3C[C@@H](OC)[C@H](C(C)C)C3)[C@H](OC)C2)C1. The summed E-state index contributed by atoms with van der Waals surface area (Å²) in [5.74, 6) is 6.30. The van der Waals surface area contributed by atoms with Gasteiger partial charge in [0, 0.05) is 21.3 Å². The lowest BCUT2D eigenvalue weighted by Gasteiger charge is -2.33. The molecule has 0 radical (unpaired) electrons. The molecular weight excluding hydrogens is 384 g/mol. The molecular formula is C28H52O3. The van der Waals surface area contributed by atoms with Crippen LogP contribution < -0.4 is 0 Å². The highest BCUT2D eigenvalue weighted by molar-refractivity contribution is 4.92. The van der Waals surface area contributed by atoms with Crippen LogP contribution in [0.15, 0.2) is 0 Å². The number of ether oxygens (including phenoxy) is 3. The molecule has 5 unspecified atom stereocenters. The molecule has 0 aliphatic heterocycles. The van der Waals surface area contributed by atoms with E-state index in [9.17, 15) is 0 Å². The van der Waals surface area contributed by atoms with Crippen LogP contribution in [-0.4, -0.2) is 39.6 Å². The molecule has 0 aromatic carbocycles. The second-order valence-corrected chi connectivity index (χ2v) is 12.0. The Morgan fingerprint density at radius 1 is 0.645 bits per heavy atom. The molecule has 0 aromatic heterocycles. The Bertz CT molecular complexity index is 520. The van der Waals surface area contributed by atoms with Crippen LogP contribution in [0.1, 0.15) is 91.9 Å². The van der Waals surface area contributed by atoms with E-state index in [0.717, 1.165) is 47.3 Å². The smallest absolute Gasteiger partial charge is 0.0604 e. The number of hydrogen-bond donors (Lipinski definition) is 0. The van der Waals surface area contributed by atoms with E-state index in [-0.39, 0.29) is 0 Å². The number of rotatable bonds is 10. The van der Waals surface area contributed by atoms with E-state index in [1.54, 1.807) is 0 Å². The third kappa shape index (κ3) is 6.48. The van der Waals surface area contributed by atoms with Crippen molar-refractivity contribution in [1.29, 1.82) is 0 Å². The predicted molar refractivity (Wildman–Crippen MR) is 129 cm³/mol. The summed E-state index contributed by atoms with van der Waals surface area (Å²) in [4.78, 5) is 0. The molecule has 0 saturated heterocycles. The lowest BCUT2D eigenvalue weighted by molar-refractivity contribution is 0.0347. The zero-order valence-electron chi connectivity index (χ0n) is 21.6. The van der Waals surface area contributed by atoms with E-state index in [4.69, 9.17) is 14.2 Å². The van der Waals surface area contributed by atoms with Gasteiger partial charge in [-0.1, -0.05) is 40.5 Å². The maximum atomic E-state index is 6.06. The molecule has 0 spiro atoms. The first kappa shape index (κ1) is 25.5. The van der Waals surface area contributed by atoms with Gasteiger partial charge in [0.15, 0.2) is 0 Å². The molecule has 3 heteroatoms. The van der Waals surface area contributed by atoms with Gasteiger partial charge < -0.3 is 14.2 Å². The average Bonchev–Trinajstić information content (AvgIpc) is 3.37. The molecule has 3 aliphatic carbocycles. The minimum atomic E-state index is 0.464. The minimum absolute atomic E-state index is 0.464. The molecule has 0 N–H and O–H groups in total. The van der Waals surface area contributed by atoms with Gasteiger partial charge in [0.05, 0.1) is 18.3 Å². The molecule has 3 rings (SSSR count). The molecule has 3 fully saturated rings. The number of methoxy groups -OCH3 is 3. The molecule has 10 atom stereocenters. The predicted octanol–water partition coefficient (Wildman–Crippen LogP) is 6.98. The monoisotopic (exact) mass is 436 g/mol. The van der Waals surface area contributed by atoms with Crippen molar-refractivity contribution in [2.45, 2.75) is 110 Å². The van der Waals surface area contributed by atoms with Gasteiger partial charge in [-0.15, -0.1) is 0 Å². The lowest BCUT2D eigenvalue weighted by atomic mass is 9.75. The van der Waals surface area contributed by atoms with Crippen molar-refractivity contribution in [3.8, 4) is 0 Å². The van der Waals surface area contributed by atoms with Gasteiger partial charge in [-0.2, -0.15) is 0 Å². The van der Waals surface area contributed by atoms with E-state index in [1.807, 2.05) is 21.3 Å². The molecule has 0 bridgehead atoms. The van der Waals surface area contributed by atoms with Gasteiger partial charge in [-0.3, -0.25) is 0 Å². The lowest BCUT2D eigenvalue weighted by Crippen LogP contribution is -2.26. The van der Waals surface area contributed by atoms with Crippen LogP contribution in [0, 0.1) is 47.3 Å². The maximum Gasteiger partial charge on any atom is 0.0604 e. The van der Waals surface area contributed by atoms with E-state index in [1.165, 1.54) is 64.2 Å². The highest BCUT2D eigenvalue weighted by Gasteiger charge is 2.42. The summed E-state index contributed by atoms with van der Waals surface area (Å²) < 4.78 is 17.6. The second kappa shape index (κ2) is 11.8. The van der Waals surface area contributed by atoms with Crippen molar-refractivity contribution in [2.75, 3.05) is 21.3 Å². The Labute approximate surface area is 193 Å². The Balaban J connectivity index is 1.51. The van der Waals surface area contributed by atoms with Gasteiger partial charge in [0.1, 0.15) is 0 Å². The van der Waals surface area contributed by atoms with Gasteiger partial charge in [-0.05, 0) is 98.7 Å². The fraction of sp³-hybridized carbons (Fsp3) is 1.00. The Kier molecular flexibility index (Phi) is 9.74. The van der Waals surface area contributed by atoms with Crippen molar-refractivity contribution >= 4 is 0 Å². The molecule has 3 aliphatic rings. The van der Waals surface area contributed by atoms with Crippen molar-refractivity contribution in [2.24, 2.45) is 47.3 Å². The summed E-state index contributed by atoms with van der Waals surface area (Å²) >= 11 is 0. The van der Waals surface area contributed by atoms with Gasteiger partial charge in [0.2, 0.25) is 0 Å². The molecule has 182 valence electrons. The van der Waals surface area contributed by atoms with Crippen LogP contribution in [0.2, 0.25) is 0 Å². The zero-order valence-corrected chi connectivity index (χ0v) is 21.6. The van der Waals surface area contributed by atoms with Crippen molar-refractivity contribution in [1.82, 2.24) is 0 Å². The van der Waals surface area contributed by atoms with Crippen LogP contribution in [0.5, 0.6) is 0 Å². The quantitative estimate of drug-likeness (QED) is 0.369. The average molecular weight is 437 g/mol. The zero-order chi connectivity index (χ0) is 22.5. The topological polar surface area (TPSA) is 27.7 Å². The van der Waals surface area contributed by atoms with Crippen molar-refractivity contribution in [3.63, 3.8) is 0 Å². The highest BCUT2D eigenvalue weighted by Crippen LogP contribution is 2.47. The molecule has 3 nitrogen and oxygen atoms in total. The Morgan fingerprint density at radius 3 is 1.77 bits per heavy atom. The third-order valence-corrected chi connectivity index (χ3v) is 9.71. The maximum absolute atomic E-state index is 6.06. The van der Waals surface area contributed by atoms with Crippen LogP contribution in [-0.2, 0) is 14.2 Å². The first-order chi connectivity index (χ1) is 14.9. The summed E-state index contributed by atoms with van der Waals surface area (Å²) in [6.07, 6.45) is 14.7. The van der Waals surface area contributed by atoms with E-state index >= 15 is 0 Å².